The van der Waals surface area contributed by atoms with Crippen molar-refractivity contribution in [1.29, 1.82) is 0 Å². The second kappa shape index (κ2) is 8.87. The highest BCUT2D eigenvalue weighted by atomic mass is 32.2. The van der Waals surface area contributed by atoms with Crippen LogP contribution in [0.4, 0.5) is 14.5 Å². The number of hydrogen-bond donors (Lipinski definition) is 2. The fraction of sp³-hybridized carbons (Fsp3) is 0.250. The minimum Gasteiger partial charge on any atom is -0.340 e. The maximum atomic E-state index is 13.9. The molecule has 1 aromatic heterocycles. The maximum Gasteiger partial charge on any atom is 0.257 e. The minimum atomic E-state index is -0.981. The lowest BCUT2D eigenvalue weighted by atomic mass is 10.0. The monoisotopic (exact) mass is 435 g/mol. The number of nitrogens with one attached hydrogen (secondary N) is 2. The van der Waals surface area contributed by atoms with Crippen LogP contribution in [0.15, 0.2) is 40.7 Å². The summed E-state index contributed by atoms with van der Waals surface area (Å²) in [7, 11) is 0. The molecule has 2 aromatic carbocycles. The van der Waals surface area contributed by atoms with E-state index < -0.39 is 35.1 Å². The van der Waals surface area contributed by atoms with Gasteiger partial charge in [-0.3, -0.25) is 9.59 Å². The second-order valence-electron chi connectivity index (χ2n) is 6.65. The fourth-order valence-corrected chi connectivity index (χ4v) is 4.28. The number of hydrogen-bond acceptors (Lipinski definition) is 5. The van der Waals surface area contributed by atoms with Crippen molar-refractivity contribution in [3.05, 3.63) is 53.6 Å². The fourth-order valence-electron chi connectivity index (χ4n) is 2.75. The molecule has 0 aliphatic heterocycles. The molecule has 0 aliphatic rings. The normalized spacial score (nSPS) is 12.2. The van der Waals surface area contributed by atoms with Crippen molar-refractivity contribution in [1.82, 2.24) is 10.3 Å². The van der Waals surface area contributed by atoms with E-state index in [2.05, 4.69) is 15.6 Å². The molecular formula is C20H19F2N3O2S2. The first-order chi connectivity index (χ1) is 13.8. The van der Waals surface area contributed by atoms with Crippen LogP contribution in [-0.4, -0.2) is 29.1 Å². The molecule has 0 saturated carbocycles. The summed E-state index contributed by atoms with van der Waals surface area (Å²) >= 11 is 3.05. The third-order valence-corrected chi connectivity index (χ3v) is 6.24. The predicted octanol–water partition coefficient (Wildman–Crippen LogP) is 4.69. The van der Waals surface area contributed by atoms with Gasteiger partial charge in [0.15, 0.2) is 4.34 Å². The lowest BCUT2D eigenvalue weighted by Gasteiger charge is -2.22. The minimum absolute atomic E-state index is 0.302. The Balaban J connectivity index is 1.78. The van der Waals surface area contributed by atoms with Crippen LogP contribution in [-0.2, 0) is 4.79 Å². The molecule has 0 spiro atoms. The van der Waals surface area contributed by atoms with Crippen molar-refractivity contribution in [2.45, 2.75) is 24.2 Å². The largest absolute Gasteiger partial charge is 0.340 e. The molecule has 0 aliphatic carbocycles. The van der Waals surface area contributed by atoms with Crippen LogP contribution >= 0.6 is 23.1 Å². The Kier molecular flexibility index (Phi) is 6.49. The molecule has 5 nitrogen and oxygen atoms in total. The summed E-state index contributed by atoms with van der Waals surface area (Å²) in [5.74, 6) is -3.71. The Bertz CT molecular complexity index is 1050. The van der Waals surface area contributed by atoms with Gasteiger partial charge in [-0.05, 0) is 42.5 Å². The van der Waals surface area contributed by atoms with Gasteiger partial charge in [-0.15, -0.1) is 11.3 Å². The van der Waals surface area contributed by atoms with E-state index in [-0.39, 0.29) is 5.92 Å². The highest BCUT2D eigenvalue weighted by Gasteiger charge is 2.27. The van der Waals surface area contributed by atoms with Crippen molar-refractivity contribution in [3.63, 3.8) is 0 Å². The molecule has 29 heavy (non-hydrogen) atoms. The Labute approximate surface area is 174 Å². The maximum absolute atomic E-state index is 13.9. The molecule has 2 amide bonds. The van der Waals surface area contributed by atoms with Crippen molar-refractivity contribution in [2.24, 2.45) is 5.92 Å². The number of thiazole rings is 1. The predicted molar refractivity (Wildman–Crippen MR) is 112 cm³/mol. The molecular weight excluding hydrogens is 416 g/mol. The van der Waals surface area contributed by atoms with E-state index in [0.717, 1.165) is 26.7 Å². The average molecular weight is 436 g/mol. The summed E-state index contributed by atoms with van der Waals surface area (Å²) in [6.07, 6.45) is 1.94. The summed E-state index contributed by atoms with van der Waals surface area (Å²) in [5.41, 5.74) is 0.679. The zero-order chi connectivity index (χ0) is 21.1. The number of halogens is 2. The summed E-state index contributed by atoms with van der Waals surface area (Å²) in [5, 5.41) is 5.20. The van der Waals surface area contributed by atoms with Crippen molar-refractivity contribution < 1.29 is 18.4 Å². The van der Waals surface area contributed by atoms with Crippen molar-refractivity contribution >= 4 is 50.8 Å². The zero-order valence-corrected chi connectivity index (χ0v) is 17.6. The Hall–Kier alpha value is -2.52. The Morgan fingerprint density at radius 3 is 2.45 bits per heavy atom. The van der Waals surface area contributed by atoms with Crippen molar-refractivity contribution in [3.8, 4) is 0 Å². The number of anilines is 1. The van der Waals surface area contributed by atoms with Crippen LogP contribution in [0.1, 0.15) is 24.2 Å². The highest BCUT2D eigenvalue weighted by molar-refractivity contribution is 8.00. The topological polar surface area (TPSA) is 71.1 Å². The molecule has 0 radical (unpaired) electrons. The summed E-state index contributed by atoms with van der Waals surface area (Å²) in [6, 6.07) is 7.52. The number of benzene rings is 2. The van der Waals surface area contributed by atoms with Gasteiger partial charge in [0.1, 0.15) is 23.2 Å². The summed E-state index contributed by atoms with van der Waals surface area (Å²) < 4.78 is 29.6. The number of carbonyl (C=O) groups excluding carboxylic acids is 2. The molecule has 0 unspecified atom stereocenters. The van der Waals surface area contributed by atoms with Crippen LogP contribution in [0.3, 0.4) is 0 Å². The van der Waals surface area contributed by atoms with Crippen molar-refractivity contribution in [2.75, 3.05) is 11.6 Å². The molecule has 3 aromatic rings. The molecule has 3 rings (SSSR count). The van der Waals surface area contributed by atoms with E-state index in [9.17, 15) is 18.4 Å². The summed E-state index contributed by atoms with van der Waals surface area (Å²) in [6.45, 7) is 3.47. The number of amides is 2. The van der Waals surface area contributed by atoms with E-state index in [1.807, 2.05) is 6.26 Å². The molecule has 0 fully saturated rings. The zero-order valence-electron chi connectivity index (χ0n) is 16.0. The second-order valence-corrected chi connectivity index (χ2v) is 8.73. The average Bonchev–Trinajstić information content (AvgIpc) is 3.08. The first kappa shape index (κ1) is 21.2. The Morgan fingerprint density at radius 2 is 1.83 bits per heavy atom. The van der Waals surface area contributed by atoms with Crippen LogP contribution < -0.4 is 10.6 Å². The van der Waals surface area contributed by atoms with Gasteiger partial charge in [-0.25, -0.2) is 13.8 Å². The van der Waals surface area contributed by atoms with Gasteiger partial charge in [0.25, 0.3) is 5.91 Å². The molecule has 1 heterocycles. The summed E-state index contributed by atoms with van der Waals surface area (Å²) in [4.78, 5) is 29.6. The number of fused-ring (bicyclic) bond motifs is 1. The molecule has 0 bridgehead atoms. The van der Waals surface area contributed by atoms with Gasteiger partial charge < -0.3 is 10.6 Å². The lowest BCUT2D eigenvalue weighted by molar-refractivity contribution is -0.118. The number of carbonyl (C=O) groups is 2. The molecule has 9 heteroatoms. The van der Waals surface area contributed by atoms with E-state index >= 15 is 0 Å². The van der Waals surface area contributed by atoms with Gasteiger partial charge >= 0.3 is 0 Å². The number of thioether (sulfide) groups is 1. The van der Waals surface area contributed by atoms with Gasteiger partial charge in [0.05, 0.1) is 10.2 Å². The molecule has 152 valence electrons. The Morgan fingerprint density at radius 1 is 1.14 bits per heavy atom. The molecule has 0 saturated heterocycles. The van der Waals surface area contributed by atoms with E-state index in [1.165, 1.54) is 17.4 Å². The number of rotatable bonds is 6. The van der Waals surface area contributed by atoms with E-state index in [1.54, 1.807) is 43.8 Å². The van der Waals surface area contributed by atoms with Gasteiger partial charge in [-0.1, -0.05) is 31.7 Å². The van der Waals surface area contributed by atoms with E-state index in [0.29, 0.717) is 5.69 Å². The first-order valence-corrected chi connectivity index (χ1v) is 10.8. The van der Waals surface area contributed by atoms with Gasteiger partial charge in [0.2, 0.25) is 5.91 Å². The van der Waals surface area contributed by atoms with E-state index in [4.69, 9.17) is 0 Å². The smallest absolute Gasteiger partial charge is 0.257 e. The first-order valence-electron chi connectivity index (χ1n) is 8.80. The quantitative estimate of drug-likeness (QED) is 0.551. The van der Waals surface area contributed by atoms with Crippen LogP contribution in [0.2, 0.25) is 0 Å². The standard InChI is InChI=1S/C20H19F2N3O2S2/c1-10(2)17(25-18(26)16-12(21)5-4-6-13(16)22)19(27)23-11-7-8-14-15(9-11)29-20(24-14)28-3/h4-10,17H,1-3H3,(H,23,27)(H,25,26)/t17-/m1/s1. The number of aromatic nitrogens is 1. The molecule has 1 atom stereocenters. The highest BCUT2D eigenvalue weighted by Crippen LogP contribution is 2.30. The SMILES string of the molecule is CSc1nc2ccc(NC(=O)[C@H](NC(=O)c3c(F)cccc3F)C(C)C)cc2s1. The number of nitrogens with zero attached hydrogens (tertiary/aromatic N) is 1. The third kappa shape index (κ3) is 4.73. The van der Waals surface area contributed by atoms with Crippen LogP contribution in [0.5, 0.6) is 0 Å². The van der Waals surface area contributed by atoms with Gasteiger partial charge in [-0.2, -0.15) is 0 Å². The third-order valence-electron chi connectivity index (χ3n) is 4.24. The van der Waals surface area contributed by atoms with Crippen LogP contribution in [0.25, 0.3) is 10.2 Å². The lowest BCUT2D eigenvalue weighted by Crippen LogP contribution is -2.47. The molecule has 2 N–H and O–H groups in total. The van der Waals surface area contributed by atoms with Gasteiger partial charge in [0, 0.05) is 5.69 Å². The van der Waals surface area contributed by atoms with Crippen LogP contribution in [0, 0.1) is 17.6 Å².